The molecule has 6 nitrogen and oxygen atoms in total. The Hall–Kier alpha value is -2.58. The molecule has 1 aliphatic heterocycles. The number of halogens is 3. The van der Waals surface area contributed by atoms with Crippen molar-refractivity contribution in [3.8, 4) is 0 Å². The lowest BCUT2D eigenvalue weighted by atomic mass is 10.0. The van der Waals surface area contributed by atoms with Crippen LogP contribution in [-0.4, -0.2) is 27.6 Å². The fourth-order valence-electron chi connectivity index (χ4n) is 3.00. The lowest BCUT2D eigenvalue weighted by molar-refractivity contribution is -0.384. The van der Waals surface area contributed by atoms with E-state index in [4.69, 9.17) is 0 Å². The van der Waals surface area contributed by atoms with E-state index in [1.165, 1.54) is 6.07 Å². The molecule has 0 atom stereocenters. The lowest BCUT2D eigenvalue weighted by Gasteiger charge is -2.33. The third-order valence-electron chi connectivity index (χ3n) is 4.25. The van der Waals surface area contributed by atoms with Gasteiger partial charge in [0.15, 0.2) is 0 Å². The third-order valence-corrected chi connectivity index (χ3v) is 4.25. The highest BCUT2D eigenvalue weighted by atomic mass is 19.4. The quantitative estimate of drug-likeness (QED) is 0.632. The number of rotatable bonds is 3. The SMILES string of the molecule is O=[N+]([O-])c1cc(C(F)(F)F)ccc1N1CCC(n2ccnc2)CC1. The lowest BCUT2D eigenvalue weighted by Crippen LogP contribution is -2.34. The van der Waals surface area contributed by atoms with Crippen LogP contribution in [0.3, 0.4) is 0 Å². The first-order valence-electron chi connectivity index (χ1n) is 7.44. The summed E-state index contributed by atoms with van der Waals surface area (Å²) >= 11 is 0. The molecule has 0 bridgehead atoms. The first-order chi connectivity index (χ1) is 11.4. The smallest absolute Gasteiger partial charge is 0.366 e. The minimum absolute atomic E-state index is 0.233. The maximum absolute atomic E-state index is 12.8. The fraction of sp³-hybridized carbons (Fsp3) is 0.400. The molecule has 0 unspecified atom stereocenters. The Bertz CT molecular complexity index is 723. The first kappa shape index (κ1) is 16.3. The second-order valence-corrected chi connectivity index (χ2v) is 5.69. The normalized spacial score (nSPS) is 16.4. The van der Waals surface area contributed by atoms with Crippen LogP contribution in [0.2, 0.25) is 0 Å². The molecular formula is C15H15F3N4O2. The number of piperidine rings is 1. The second kappa shape index (κ2) is 6.14. The van der Waals surface area contributed by atoms with Gasteiger partial charge in [-0.3, -0.25) is 10.1 Å². The summed E-state index contributed by atoms with van der Waals surface area (Å²) in [6.07, 6.45) is 2.16. The predicted molar refractivity (Wildman–Crippen MR) is 80.8 cm³/mol. The molecule has 1 saturated heterocycles. The van der Waals surface area contributed by atoms with Crippen LogP contribution in [0.4, 0.5) is 24.5 Å². The highest BCUT2D eigenvalue weighted by Gasteiger charge is 2.34. The summed E-state index contributed by atoms with van der Waals surface area (Å²) < 4.78 is 40.3. The van der Waals surface area contributed by atoms with Crippen LogP contribution in [0.5, 0.6) is 0 Å². The minimum Gasteiger partial charge on any atom is -0.366 e. The Labute approximate surface area is 135 Å². The number of hydrogen-bond acceptors (Lipinski definition) is 4. The van der Waals surface area contributed by atoms with Crippen molar-refractivity contribution in [3.63, 3.8) is 0 Å². The Kier molecular flexibility index (Phi) is 4.16. The third kappa shape index (κ3) is 3.19. The molecule has 3 rings (SSSR count). The van der Waals surface area contributed by atoms with E-state index >= 15 is 0 Å². The van der Waals surface area contributed by atoms with Gasteiger partial charge in [0.1, 0.15) is 5.69 Å². The number of anilines is 1. The standard InChI is InChI=1S/C15H15F3N4O2/c16-15(17,18)11-1-2-13(14(9-11)22(23)24)20-6-3-12(4-7-20)21-8-5-19-10-21/h1-2,5,8-10,12H,3-4,6-7H2. The number of benzene rings is 1. The Balaban J connectivity index is 1.81. The minimum atomic E-state index is -4.60. The van der Waals surface area contributed by atoms with Crippen molar-refractivity contribution < 1.29 is 18.1 Å². The van der Waals surface area contributed by atoms with Crippen LogP contribution in [0, 0.1) is 10.1 Å². The highest BCUT2D eigenvalue weighted by Crippen LogP contribution is 2.38. The topological polar surface area (TPSA) is 64.2 Å². The molecule has 0 N–H and O–H groups in total. The predicted octanol–water partition coefficient (Wildman–Crippen LogP) is 3.65. The van der Waals surface area contributed by atoms with Gasteiger partial charge in [0, 0.05) is 37.6 Å². The van der Waals surface area contributed by atoms with Crippen LogP contribution in [0.25, 0.3) is 0 Å². The molecule has 1 aromatic heterocycles. The number of nitrogens with zero attached hydrogens (tertiary/aromatic N) is 4. The van der Waals surface area contributed by atoms with Gasteiger partial charge in [-0.25, -0.2) is 4.98 Å². The van der Waals surface area contributed by atoms with Gasteiger partial charge in [0.05, 0.1) is 16.8 Å². The summed E-state index contributed by atoms with van der Waals surface area (Å²) in [6, 6.07) is 2.94. The van der Waals surface area contributed by atoms with Gasteiger partial charge >= 0.3 is 6.18 Å². The van der Waals surface area contributed by atoms with Gasteiger partial charge in [-0.1, -0.05) is 0 Å². The van der Waals surface area contributed by atoms with Crippen molar-refractivity contribution in [2.75, 3.05) is 18.0 Å². The van der Waals surface area contributed by atoms with Crippen LogP contribution < -0.4 is 4.90 Å². The molecule has 9 heteroatoms. The van der Waals surface area contributed by atoms with E-state index in [-0.39, 0.29) is 11.7 Å². The molecule has 2 aromatic rings. The van der Waals surface area contributed by atoms with Crippen molar-refractivity contribution in [2.24, 2.45) is 0 Å². The zero-order valence-corrected chi connectivity index (χ0v) is 12.6. The van der Waals surface area contributed by atoms with Gasteiger partial charge in [-0.05, 0) is 25.0 Å². The van der Waals surface area contributed by atoms with Crippen molar-refractivity contribution in [1.29, 1.82) is 0 Å². The van der Waals surface area contributed by atoms with E-state index in [2.05, 4.69) is 4.98 Å². The number of alkyl halides is 3. The van der Waals surface area contributed by atoms with E-state index in [1.807, 2.05) is 10.8 Å². The number of aromatic nitrogens is 2. The van der Waals surface area contributed by atoms with Crippen LogP contribution in [0.1, 0.15) is 24.4 Å². The Morgan fingerprint density at radius 1 is 1.25 bits per heavy atom. The maximum Gasteiger partial charge on any atom is 0.416 e. The number of imidazole rings is 1. The van der Waals surface area contributed by atoms with Gasteiger partial charge in [0.2, 0.25) is 0 Å². The van der Waals surface area contributed by atoms with Crippen molar-refractivity contribution in [2.45, 2.75) is 25.1 Å². The summed E-state index contributed by atoms with van der Waals surface area (Å²) in [4.78, 5) is 16.2. The van der Waals surface area contributed by atoms with Crippen molar-refractivity contribution >= 4 is 11.4 Å². The molecule has 0 spiro atoms. The molecular weight excluding hydrogens is 325 g/mol. The zero-order valence-electron chi connectivity index (χ0n) is 12.6. The molecule has 1 aliphatic rings. The summed E-state index contributed by atoms with van der Waals surface area (Å²) in [6.45, 7) is 1.07. The summed E-state index contributed by atoms with van der Waals surface area (Å²) in [5.74, 6) is 0. The Morgan fingerprint density at radius 3 is 2.50 bits per heavy atom. The maximum atomic E-state index is 12.8. The summed E-state index contributed by atoms with van der Waals surface area (Å²) in [7, 11) is 0. The highest BCUT2D eigenvalue weighted by molar-refractivity contribution is 5.64. The molecule has 0 saturated carbocycles. The summed E-state index contributed by atoms with van der Waals surface area (Å²) in [5.41, 5.74) is -1.28. The molecule has 1 aromatic carbocycles. The fourth-order valence-corrected chi connectivity index (χ4v) is 3.00. The zero-order chi connectivity index (χ0) is 17.3. The summed E-state index contributed by atoms with van der Waals surface area (Å²) in [5, 5.41) is 11.2. The van der Waals surface area contributed by atoms with Crippen LogP contribution in [0.15, 0.2) is 36.9 Å². The van der Waals surface area contributed by atoms with Crippen molar-refractivity contribution in [3.05, 3.63) is 52.6 Å². The van der Waals surface area contributed by atoms with E-state index < -0.39 is 22.4 Å². The monoisotopic (exact) mass is 340 g/mol. The molecule has 0 radical (unpaired) electrons. The van der Waals surface area contributed by atoms with Gasteiger partial charge in [0.25, 0.3) is 5.69 Å². The molecule has 128 valence electrons. The Morgan fingerprint density at radius 2 is 1.96 bits per heavy atom. The van der Waals surface area contributed by atoms with Gasteiger partial charge < -0.3 is 9.47 Å². The second-order valence-electron chi connectivity index (χ2n) is 5.69. The van der Waals surface area contributed by atoms with Gasteiger partial charge in [-0.2, -0.15) is 13.2 Å². The molecule has 0 amide bonds. The molecule has 1 fully saturated rings. The van der Waals surface area contributed by atoms with E-state index in [1.54, 1.807) is 17.4 Å². The van der Waals surface area contributed by atoms with E-state index in [9.17, 15) is 23.3 Å². The first-order valence-corrected chi connectivity index (χ1v) is 7.44. The van der Waals surface area contributed by atoms with E-state index in [0.717, 1.165) is 18.9 Å². The average molecular weight is 340 g/mol. The molecule has 0 aliphatic carbocycles. The molecule has 2 heterocycles. The average Bonchev–Trinajstić information content (AvgIpc) is 3.08. The van der Waals surface area contributed by atoms with Crippen LogP contribution in [-0.2, 0) is 6.18 Å². The largest absolute Gasteiger partial charge is 0.416 e. The number of nitro benzene ring substituents is 1. The number of nitro groups is 1. The van der Waals surface area contributed by atoms with Crippen LogP contribution >= 0.6 is 0 Å². The number of hydrogen-bond donors (Lipinski definition) is 0. The molecule has 24 heavy (non-hydrogen) atoms. The van der Waals surface area contributed by atoms with Crippen molar-refractivity contribution in [1.82, 2.24) is 9.55 Å². The van der Waals surface area contributed by atoms with Gasteiger partial charge in [-0.15, -0.1) is 0 Å². The van der Waals surface area contributed by atoms with E-state index in [0.29, 0.717) is 19.2 Å².